The Hall–Kier alpha value is -3.98. The van der Waals surface area contributed by atoms with Crippen molar-refractivity contribution in [1.29, 1.82) is 0 Å². The molecule has 3 aromatic heterocycles. The quantitative estimate of drug-likeness (QED) is 0.131. The van der Waals surface area contributed by atoms with E-state index < -0.39 is 5.60 Å². The SMILES string of the molecule is CCc1c(N(CC)C2CCOCC2)cc2oc(CN3CCN(CC(C)(C)O)CC3)cc2c1C(=O)NCc1c(C)cc(C)[nH]c1=O.Cc1cc(C)c(CN)c(=O)[nH]1.Cl. The molecule has 1 aromatic carbocycles. The second-order valence-electron chi connectivity index (χ2n) is 16.0. The van der Waals surface area contributed by atoms with E-state index in [0.29, 0.717) is 54.4 Å². The number of pyridine rings is 2. The number of nitrogens with two attached hydrogens (primary N) is 1. The maximum Gasteiger partial charge on any atom is 0.253 e. The maximum atomic E-state index is 14.2. The molecule has 1 amide bonds. The van der Waals surface area contributed by atoms with Crippen LogP contribution in [0.4, 0.5) is 5.69 Å². The van der Waals surface area contributed by atoms with Crippen molar-refractivity contribution in [1.82, 2.24) is 25.1 Å². The number of carbonyl (C=O) groups is 1. The zero-order valence-electron chi connectivity index (χ0n) is 35.1. The first-order chi connectivity index (χ1) is 26.6. The zero-order chi connectivity index (χ0) is 40.7. The van der Waals surface area contributed by atoms with E-state index in [1.165, 1.54) is 0 Å². The Morgan fingerprint density at radius 1 is 0.912 bits per heavy atom. The average Bonchev–Trinajstić information content (AvgIpc) is 3.53. The monoisotopic (exact) mass is 809 g/mol. The molecule has 2 fully saturated rings. The second-order valence-corrected chi connectivity index (χ2v) is 16.0. The Labute approximate surface area is 342 Å². The third kappa shape index (κ3) is 11.6. The van der Waals surface area contributed by atoms with Crippen LogP contribution in [0.3, 0.4) is 0 Å². The van der Waals surface area contributed by atoms with Gasteiger partial charge >= 0.3 is 0 Å². The molecule has 0 saturated carbocycles. The van der Waals surface area contributed by atoms with E-state index in [1.54, 1.807) is 0 Å². The lowest BCUT2D eigenvalue weighted by Crippen LogP contribution is -2.50. The third-order valence-electron chi connectivity index (χ3n) is 10.9. The van der Waals surface area contributed by atoms with Crippen molar-refractivity contribution in [3.8, 4) is 0 Å². The summed E-state index contributed by atoms with van der Waals surface area (Å²) in [5, 5.41) is 14.1. The number of hydrogen-bond donors (Lipinski definition) is 5. The first-order valence-corrected chi connectivity index (χ1v) is 20.1. The van der Waals surface area contributed by atoms with E-state index in [-0.39, 0.29) is 36.0 Å². The smallest absolute Gasteiger partial charge is 0.253 e. The molecule has 0 bridgehead atoms. The fourth-order valence-corrected chi connectivity index (χ4v) is 8.20. The number of aromatic nitrogens is 2. The van der Waals surface area contributed by atoms with Gasteiger partial charge in [-0.2, -0.15) is 0 Å². The number of nitrogens with zero attached hydrogens (tertiary/aromatic N) is 3. The summed E-state index contributed by atoms with van der Waals surface area (Å²) in [6.07, 6.45) is 2.56. The van der Waals surface area contributed by atoms with E-state index in [0.717, 1.165) is 104 Å². The van der Waals surface area contributed by atoms with E-state index in [9.17, 15) is 19.5 Å². The van der Waals surface area contributed by atoms with Crippen LogP contribution >= 0.6 is 12.4 Å². The molecule has 0 radical (unpaired) electrons. The first kappa shape index (κ1) is 45.7. The number of amides is 1. The molecule has 57 heavy (non-hydrogen) atoms. The Balaban J connectivity index is 0.000000519. The number of β-amino-alcohol motifs (C(OH)–C–C–N with tert-alkyl or cyclic N) is 1. The number of H-pyrrole nitrogens is 2. The minimum absolute atomic E-state index is 0. The summed E-state index contributed by atoms with van der Waals surface area (Å²) in [6, 6.07) is 8.34. The molecule has 0 spiro atoms. The van der Waals surface area contributed by atoms with Crippen LogP contribution < -0.4 is 27.1 Å². The second kappa shape index (κ2) is 20.1. The first-order valence-electron chi connectivity index (χ1n) is 20.1. The summed E-state index contributed by atoms with van der Waals surface area (Å²) >= 11 is 0. The van der Waals surface area contributed by atoms with Crippen molar-refractivity contribution in [2.75, 3.05) is 57.4 Å². The van der Waals surface area contributed by atoms with Crippen molar-refractivity contribution in [3.63, 3.8) is 0 Å². The summed E-state index contributed by atoms with van der Waals surface area (Å²) in [4.78, 5) is 50.7. The van der Waals surface area contributed by atoms with Crippen molar-refractivity contribution in [2.24, 2.45) is 5.73 Å². The number of rotatable bonds is 12. The van der Waals surface area contributed by atoms with E-state index in [2.05, 4.69) is 49.9 Å². The van der Waals surface area contributed by atoms with Gasteiger partial charge in [-0.15, -0.1) is 12.4 Å². The summed E-state index contributed by atoms with van der Waals surface area (Å²) in [6.45, 7) is 23.0. The van der Waals surface area contributed by atoms with Crippen LogP contribution in [0, 0.1) is 27.7 Å². The summed E-state index contributed by atoms with van der Waals surface area (Å²) in [5.41, 5.74) is 12.5. The lowest BCUT2D eigenvalue weighted by Gasteiger charge is -2.37. The topological polar surface area (TPSA) is 173 Å². The van der Waals surface area contributed by atoms with Crippen molar-refractivity contribution in [3.05, 3.63) is 95.5 Å². The molecule has 314 valence electrons. The normalized spacial score (nSPS) is 15.5. The Bertz CT molecular complexity index is 2090. The van der Waals surface area contributed by atoms with Gasteiger partial charge in [0.05, 0.1) is 17.7 Å². The maximum absolute atomic E-state index is 14.2. The van der Waals surface area contributed by atoms with Gasteiger partial charge in [0.25, 0.3) is 17.0 Å². The molecule has 6 N–H and O–H groups in total. The molecular formula is C43H64ClN7O6. The molecule has 14 heteroatoms. The Kier molecular flexibility index (Phi) is 16.1. The van der Waals surface area contributed by atoms with Gasteiger partial charge in [0, 0.05) is 111 Å². The van der Waals surface area contributed by atoms with Gasteiger partial charge in [0.2, 0.25) is 0 Å². The van der Waals surface area contributed by atoms with Crippen LogP contribution in [0.2, 0.25) is 0 Å². The highest BCUT2D eigenvalue weighted by Gasteiger charge is 2.29. The summed E-state index contributed by atoms with van der Waals surface area (Å²) in [5.74, 6) is 0.628. The number of aliphatic hydroxyl groups is 1. The number of fused-ring (bicyclic) bond motifs is 1. The van der Waals surface area contributed by atoms with Crippen LogP contribution in [0.5, 0.6) is 0 Å². The van der Waals surface area contributed by atoms with Crippen LogP contribution in [0.25, 0.3) is 11.0 Å². The average molecular weight is 810 g/mol. The number of aromatic amines is 2. The molecule has 5 heterocycles. The largest absolute Gasteiger partial charge is 0.460 e. The number of benzene rings is 1. The Morgan fingerprint density at radius 3 is 2.02 bits per heavy atom. The molecule has 13 nitrogen and oxygen atoms in total. The van der Waals surface area contributed by atoms with Crippen molar-refractivity contribution >= 4 is 35.0 Å². The van der Waals surface area contributed by atoms with Gasteiger partial charge in [-0.25, -0.2) is 0 Å². The molecule has 0 unspecified atom stereocenters. The van der Waals surface area contributed by atoms with Crippen LogP contribution in [-0.2, 0) is 30.8 Å². The zero-order valence-corrected chi connectivity index (χ0v) is 35.9. The molecule has 2 aliphatic heterocycles. The van der Waals surface area contributed by atoms with Gasteiger partial charge in [0.1, 0.15) is 11.3 Å². The van der Waals surface area contributed by atoms with Crippen LogP contribution in [-0.4, -0.2) is 94.9 Å². The highest BCUT2D eigenvalue weighted by atomic mass is 35.5. The van der Waals surface area contributed by atoms with Crippen molar-refractivity contribution < 1.29 is 19.1 Å². The number of aryl methyl sites for hydroxylation is 4. The van der Waals surface area contributed by atoms with Gasteiger partial charge in [-0.3, -0.25) is 24.2 Å². The highest BCUT2D eigenvalue weighted by molar-refractivity contribution is 6.09. The van der Waals surface area contributed by atoms with E-state index >= 15 is 0 Å². The van der Waals surface area contributed by atoms with Gasteiger partial charge < -0.3 is 40.2 Å². The third-order valence-corrected chi connectivity index (χ3v) is 10.9. The van der Waals surface area contributed by atoms with Gasteiger partial charge in [-0.1, -0.05) is 6.92 Å². The van der Waals surface area contributed by atoms with Gasteiger partial charge in [0.15, 0.2) is 0 Å². The summed E-state index contributed by atoms with van der Waals surface area (Å²) in [7, 11) is 0. The molecule has 4 aromatic rings. The number of hydrogen-bond acceptors (Lipinski definition) is 10. The predicted octanol–water partition coefficient (Wildman–Crippen LogP) is 5.00. The number of furan rings is 1. The number of halogens is 1. The molecule has 0 atom stereocenters. The Morgan fingerprint density at radius 2 is 1.49 bits per heavy atom. The fraction of sp³-hybridized carbons (Fsp3) is 0.558. The van der Waals surface area contributed by atoms with E-state index in [1.807, 2.05) is 59.7 Å². The molecular weight excluding hydrogens is 746 g/mol. The van der Waals surface area contributed by atoms with Crippen LogP contribution in [0.15, 0.2) is 38.3 Å². The minimum atomic E-state index is -0.713. The highest BCUT2D eigenvalue weighted by Crippen LogP contribution is 2.37. The van der Waals surface area contributed by atoms with E-state index in [4.69, 9.17) is 14.9 Å². The molecule has 6 rings (SSSR count). The lowest BCUT2D eigenvalue weighted by molar-refractivity contribution is 0.0158. The van der Waals surface area contributed by atoms with Gasteiger partial charge in [-0.05, 0) is 103 Å². The number of carbonyl (C=O) groups excluding carboxylic acids is 1. The number of nitrogens with one attached hydrogen (secondary N) is 3. The van der Waals surface area contributed by atoms with Crippen LogP contribution in [0.1, 0.15) is 95.9 Å². The molecule has 2 aliphatic rings. The minimum Gasteiger partial charge on any atom is -0.460 e. The molecule has 2 saturated heterocycles. The predicted molar refractivity (Wildman–Crippen MR) is 230 cm³/mol. The number of ether oxygens (including phenoxy) is 1. The lowest BCUT2D eigenvalue weighted by atomic mass is 9.95. The fourth-order valence-electron chi connectivity index (χ4n) is 8.20. The number of anilines is 1. The van der Waals surface area contributed by atoms with Crippen molar-refractivity contribution in [2.45, 2.75) is 106 Å². The molecule has 0 aliphatic carbocycles. The number of piperazine rings is 1. The summed E-state index contributed by atoms with van der Waals surface area (Å²) < 4.78 is 12.2. The standard InChI is InChI=1S/C35H51N5O5.C8H12N2O.ClH/c1-7-27-30(40(8-2)25-9-15-44-16-10-25)19-31-28(32(27)34(42)36-20-29-23(3)17-24(4)37-33(29)41)18-26(45-31)21-38-11-13-39(14-12-38)22-35(5,6)43;1-5-3-6(2)10-8(11)7(5)4-9;/h17-19,25,43H,7-16,20-22H2,1-6H3,(H,36,42)(H,37,41);3H,4,9H2,1-2H3,(H,10,11);1H.